The van der Waals surface area contributed by atoms with Crippen LogP contribution in [0.2, 0.25) is 0 Å². The van der Waals surface area contributed by atoms with Crippen LogP contribution in [0.4, 0.5) is 0 Å². The Kier molecular flexibility index (Phi) is 4.42. The number of benzene rings is 1. The number of hydrogen-bond donors (Lipinski definition) is 2. The molecule has 0 aromatic heterocycles. The maximum Gasteiger partial charge on any atom is 0.251 e. The maximum atomic E-state index is 12.2. The van der Waals surface area contributed by atoms with E-state index in [2.05, 4.69) is 5.32 Å². The Hall–Kier alpha value is -1.43. The molecule has 0 radical (unpaired) electrons. The summed E-state index contributed by atoms with van der Waals surface area (Å²) in [6, 6.07) is 8.68. The SMILES string of the molecule is CO[C@@H]1[C@@H](NC(=O)c2ccccc2)CC(O)OC1(C)C. The van der Waals surface area contributed by atoms with Gasteiger partial charge >= 0.3 is 0 Å². The zero-order chi connectivity index (χ0) is 14.8. The van der Waals surface area contributed by atoms with Crippen LogP contribution in [0.3, 0.4) is 0 Å². The van der Waals surface area contributed by atoms with Crippen LogP contribution in [-0.2, 0) is 9.47 Å². The van der Waals surface area contributed by atoms with E-state index >= 15 is 0 Å². The zero-order valence-electron chi connectivity index (χ0n) is 12.0. The van der Waals surface area contributed by atoms with Gasteiger partial charge in [0.05, 0.1) is 11.6 Å². The molecule has 0 spiro atoms. The van der Waals surface area contributed by atoms with E-state index in [-0.39, 0.29) is 18.1 Å². The van der Waals surface area contributed by atoms with Gasteiger partial charge in [-0.25, -0.2) is 0 Å². The van der Waals surface area contributed by atoms with Crippen molar-refractivity contribution in [3.63, 3.8) is 0 Å². The predicted molar refractivity (Wildman–Crippen MR) is 74.3 cm³/mol. The zero-order valence-corrected chi connectivity index (χ0v) is 12.0. The van der Waals surface area contributed by atoms with Crippen molar-refractivity contribution in [2.45, 2.75) is 44.3 Å². The lowest BCUT2D eigenvalue weighted by atomic mass is 9.89. The monoisotopic (exact) mass is 279 g/mol. The van der Waals surface area contributed by atoms with Crippen LogP contribution < -0.4 is 5.32 Å². The summed E-state index contributed by atoms with van der Waals surface area (Å²) in [6.45, 7) is 3.68. The summed E-state index contributed by atoms with van der Waals surface area (Å²) in [5.41, 5.74) is -0.0812. The summed E-state index contributed by atoms with van der Waals surface area (Å²) >= 11 is 0. The molecule has 1 unspecified atom stereocenters. The van der Waals surface area contributed by atoms with E-state index in [4.69, 9.17) is 9.47 Å². The van der Waals surface area contributed by atoms with E-state index in [0.717, 1.165) is 0 Å². The molecule has 1 aromatic rings. The highest BCUT2D eigenvalue weighted by molar-refractivity contribution is 5.94. The van der Waals surface area contributed by atoms with Crippen molar-refractivity contribution in [1.82, 2.24) is 5.32 Å². The van der Waals surface area contributed by atoms with Crippen molar-refractivity contribution in [3.8, 4) is 0 Å². The Morgan fingerprint density at radius 3 is 2.65 bits per heavy atom. The van der Waals surface area contributed by atoms with Crippen molar-refractivity contribution in [1.29, 1.82) is 0 Å². The maximum absolute atomic E-state index is 12.2. The van der Waals surface area contributed by atoms with Gasteiger partial charge in [0.15, 0.2) is 6.29 Å². The molecule has 110 valence electrons. The van der Waals surface area contributed by atoms with Crippen molar-refractivity contribution in [2.75, 3.05) is 7.11 Å². The first-order valence-corrected chi connectivity index (χ1v) is 6.68. The Morgan fingerprint density at radius 2 is 2.05 bits per heavy atom. The molecule has 1 aliphatic rings. The molecule has 20 heavy (non-hydrogen) atoms. The van der Waals surface area contributed by atoms with Gasteiger partial charge in [-0.15, -0.1) is 0 Å². The molecule has 1 heterocycles. The third kappa shape index (κ3) is 3.17. The van der Waals surface area contributed by atoms with Crippen LogP contribution in [0, 0.1) is 0 Å². The Labute approximate surface area is 118 Å². The minimum Gasteiger partial charge on any atom is -0.376 e. The molecule has 5 heteroatoms. The summed E-state index contributed by atoms with van der Waals surface area (Å²) in [5, 5.41) is 12.7. The van der Waals surface area contributed by atoms with Gasteiger partial charge in [-0.3, -0.25) is 4.79 Å². The lowest BCUT2D eigenvalue weighted by Gasteiger charge is -2.44. The largest absolute Gasteiger partial charge is 0.376 e. The summed E-state index contributed by atoms with van der Waals surface area (Å²) in [5.74, 6) is -0.178. The number of carbonyl (C=O) groups excluding carboxylic acids is 1. The first-order chi connectivity index (χ1) is 9.44. The topological polar surface area (TPSA) is 67.8 Å². The van der Waals surface area contributed by atoms with Crippen molar-refractivity contribution < 1.29 is 19.4 Å². The molecular weight excluding hydrogens is 258 g/mol. The highest BCUT2D eigenvalue weighted by Crippen LogP contribution is 2.30. The average molecular weight is 279 g/mol. The Morgan fingerprint density at radius 1 is 1.40 bits per heavy atom. The van der Waals surface area contributed by atoms with E-state index in [0.29, 0.717) is 12.0 Å². The summed E-state index contributed by atoms with van der Waals surface area (Å²) in [4.78, 5) is 12.2. The third-order valence-corrected chi connectivity index (χ3v) is 3.55. The second kappa shape index (κ2) is 5.91. The third-order valence-electron chi connectivity index (χ3n) is 3.55. The standard InChI is InChI=1S/C15H21NO4/c1-15(2)13(19-3)11(9-12(17)20-15)16-14(18)10-7-5-4-6-8-10/h4-8,11-13,17H,9H2,1-3H3,(H,16,18)/t11-,12?,13+/m0/s1. The van der Waals surface area contributed by atoms with E-state index in [1.807, 2.05) is 32.0 Å². The molecule has 1 aliphatic heterocycles. The lowest BCUT2D eigenvalue weighted by Crippen LogP contribution is -2.60. The second-order valence-corrected chi connectivity index (χ2v) is 5.51. The fourth-order valence-corrected chi connectivity index (χ4v) is 2.72. The number of aliphatic hydroxyl groups excluding tert-OH is 1. The van der Waals surface area contributed by atoms with E-state index in [1.165, 1.54) is 0 Å². The summed E-state index contributed by atoms with van der Waals surface area (Å²) < 4.78 is 10.9. The molecule has 0 saturated carbocycles. The van der Waals surface area contributed by atoms with Crippen LogP contribution in [0.5, 0.6) is 0 Å². The van der Waals surface area contributed by atoms with Gasteiger partial charge in [0.2, 0.25) is 0 Å². The Balaban J connectivity index is 2.12. The summed E-state index contributed by atoms with van der Waals surface area (Å²) in [6.07, 6.45) is -0.920. The van der Waals surface area contributed by atoms with Crippen molar-refractivity contribution in [2.24, 2.45) is 0 Å². The van der Waals surface area contributed by atoms with Gasteiger partial charge in [0, 0.05) is 19.1 Å². The van der Waals surface area contributed by atoms with Crippen LogP contribution >= 0.6 is 0 Å². The predicted octanol–water partition coefficient (Wildman–Crippen LogP) is 1.32. The minimum absolute atomic E-state index is 0.178. The molecule has 2 rings (SSSR count). The second-order valence-electron chi connectivity index (χ2n) is 5.51. The molecule has 5 nitrogen and oxygen atoms in total. The number of rotatable bonds is 3. The molecule has 0 aliphatic carbocycles. The molecule has 1 amide bonds. The number of carbonyl (C=O) groups is 1. The van der Waals surface area contributed by atoms with Gasteiger partial charge in [-0.2, -0.15) is 0 Å². The average Bonchev–Trinajstić information content (AvgIpc) is 2.38. The first-order valence-electron chi connectivity index (χ1n) is 6.68. The number of hydrogen-bond acceptors (Lipinski definition) is 4. The molecule has 1 saturated heterocycles. The van der Waals surface area contributed by atoms with E-state index < -0.39 is 11.9 Å². The number of nitrogens with one attached hydrogen (secondary N) is 1. The van der Waals surface area contributed by atoms with Crippen LogP contribution in [0.15, 0.2) is 30.3 Å². The molecule has 2 N–H and O–H groups in total. The normalized spacial score (nSPS) is 28.9. The number of amides is 1. The number of aliphatic hydroxyl groups is 1. The minimum atomic E-state index is -0.905. The summed E-state index contributed by atoms with van der Waals surface area (Å²) in [7, 11) is 1.58. The van der Waals surface area contributed by atoms with Gasteiger partial charge in [0.25, 0.3) is 5.91 Å². The smallest absolute Gasteiger partial charge is 0.251 e. The Bertz CT molecular complexity index is 460. The number of methoxy groups -OCH3 is 1. The van der Waals surface area contributed by atoms with Gasteiger partial charge in [0.1, 0.15) is 6.10 Å². The first kappa shape index (κ1) is 15.0. The molecule has 1 aromatic carbocycles. The molecule has 1 fully saturated rings. The highest BCUT2D eigenvalue weighted by Gasteiger charge is 2.44. The fraction of sp³-hybridized carbons (Fsp3) is 0.533. The van der Waals surface area contributed by atoms with Gasteiger partial charge < -0.3 is 19.9 Å². The lowest BCUT2D eigenvalue weighted by molar-refractivity contribution is -0.251. The molecule has 0 bridgehead atoms. The van der Waals surface area contributed by atoms with Gasteiger partial charge in [-0.05, 0) is 26.0 Å². The van der Waals surface area contributed by atoms with Crippen molar-refractivity contribution >= 4 is 5.91 Å². The van der Waals surface area contributed by atoms with E-state index in [1.54, 1.807) is 19.2 Å². The van der Waals surface area contributed by atoms with Crippen molar-refractivity contribution in [3.05, 3.63) is 35.9 Å². The van der Waals surface area contributed by atoms with E-state index in [9.17, 15) is 9.90 Å². The van der Waals surface area contributed by atoms with Crippen LogP contribution in [-0.4, -0.2) is 42.2 Å². The molecular formula is C15H21NO4. The fourth-order valence-electron chi connectivity index (χ4n) is 2.72. The molecule has 3 atom stereocenters. The van der Waals surface area contributed by atoms with Crippen LogP contribution in [0.25, 0.3) is 0 Å². The quantitative estimate of drug-likeness (QED) is 0.875. The van der Waals surface area contributed by atoms with Gasteiger partial charge in [-0.1, -0.05) is 18.2 Å². The van der Waals surface area contributed by atoms with Crippen LogP contribution in [0.1, 0.15) is 30.6 Å². The number of ether oxygens (including phenoxy) is 2. The highest BCUT2D eigenvalue weighted by atomic mass is 16.6.